The normalized spacial score (nSPS) is 10.4. The third-order valence-corrected chi connectivity index (χ3v) is 4.68. The van der Waals surface area contributed by atoms with Gasteiger partial charge in [-0.3, -0.25) is 0 Å². The molecule has 20 heavy (non-hydrogen) atoms. The minimum atomic E-state index is 0.589. The molecule has 0 unspecified atom stereocenters. The summed E-state index contributed by atoms with van der Waals surface area (Å²) in [6, 6.07) is 11.8. The van der Waals surface area contributed by atoms with Crippen LogP contribution in [-0.4, -0.2) is 13.2 Å². The second-order valence-electron chi connectivity index (χ2n) is 3.98. The lowest BCUT2D eigenvalue weighted by Gasteiger charge is -2.12. The van der Waals surface area contributed by atoms with E-state index in [0.717, 1.165) is 29.3 Å². The van der Waals surface area contributed by atoms with Gasteiger partial charge < -0.3 is 10.1 Å². The number of hydrogen-bond acceptors (Lipinski definition) is 2. The van der Waals surface area contributed by atoms with E-state index in [9.17, 15) is 0 Å². The van der Waals surface area contributed by atoms with Crippen LogP contribution < -0.4 is 10.1 Å². The maximum absolute atomic E-state index is 5.68. The van der Waals surface area contributed by atoms with Gasteiger partial charge in [-0.15, -0.1) is 0 Å². The molecule has 2 aromatic rings. The van der Waals surface area contributed by atoms with Crippen molar-refractivity contribution in [1.29, 1.82) is 0 Å². The minimum absolute atomic E-state index is 0.589. The van der Waals surface area contributed by atoms with Crippen LogP contribution in [0.2, 0.25) is 0 Å². The molecule has 0 saturated carbocycles. The standard InChI is InChI=1S/C14H11Br4NO/c15-9-2-1-3-11(6-9)20-5-4-19-14-12(17)7-10(16)8-13(14)18/h1-3,6-8,19H,4-5H2. The Balaban J connectivity index is 1.88. The summed E-state index contributed by atoms with van der Waals surface area (Å²) >= 11 is 13.9. The fourth-order valence-corrected chi connectivity index (χ4v) is 4.53. The summed E-state index contributed by atoms with van der Waals surface area (Å²) in [7, 11) is 0. The van der Waals surface area contributed by atoms with Crippen LogP contribution in [0.5, 0.6) is 5.75 Å². The monoisotopic (exact) mass is 525 g/mol. The highest BCUT2D eigenvalue weighted by Gasteiger charge is 2.06. The zero-order valence-electron chi connectivity index (χ0n) is 10.3. The Kier molecular flexibility index (Phi) is 6.39. The van der Waals surface area contributed by atoms with Crippen LogP contribution in [0.15, 0.2) is 54.3 Å². The molecule has 0 radical (unpaired) electrons. The number of rotatable bonds is 5. The van der Waals surface area contributed by atoms with Crippen molar-refractivity contribution >= 4 is 69.4 Å². The molecule has 6 heteroatoms. The highest BCUT2D eigenvalue weighted by atomic mass is 79.9. The molecule has 0 aliphatic rings. The summed E-state index contributed by atoms with van der Waals surface area (Å²) in [5.74, 6) is 0.857. The predicted octanol–water partition coefficient (Wildman–Crippen LogP) is 6.23. The van der Waals surface area contributed by atoms with E-state index in [4.69, 9.17) is 4.74 Å². The molecule has 2 nitrogen and oxygen atoms in total. The maximum Gasteiger partial charge on any atom is 0.120 e. The van der Waals surface area contributed by atoms with Gasteiger partial charge in [-0.05, 0) is 62.2 Å². The molecule has 1 N–H and O–H groups in total. The lowest BCUT2D eigenvalue weighted by molar-refractivity contribution is 0.332. The largest absolute Gasteiger partial charge is 0.492 e. The quantitative estimate of drug-likeness (QED) is 0.465. The summed E-state index contributed by atoms with van der Waals surface area (Å²) in [5, 5.41) is 3.34. The van der Waals surface area contributed by atoms with Crippen molar-refractivity contribution in [3.8, 4) is 5.75 Å². The predicted molar refractivity (Wildman–Crippen MR) is 97.7 cm³/mol. The van der Waals surface area contributed by atoms with Gasteiger partial charge in [0, 0.05) is 24.4 Å². The third kappa shape index (κ3) is 4.76. The SMILES string of the molecule is Brc1cccc(OCCNc2c(Br)cc(Br)cc2Br)c1. The molecule has 0 saturated heterocycles. The van der Waals surface area contributed by atoms with Crippen molar-refractivity contribution in [2.75, 3.05) is 18.5 Å². The lowest BCUT2D eigenvalue weighted by atomic mass is 10.3. The van der Waals surface area contributed by atoms with Gasteiger partial charge in [-0.25, -0.2) is 0 Å². The van der Waals surface area contributed by atoms with Gasteiger partial charge in [0.05, 0.1) is 5.69 Å². The van der Waals surface area contributed by atoms with E-state index in [1.807, 2.05) is 36.4 Å². The van der Waals surface area contributed by atoms with Gasteiger partial charge >= 0.3 is 0 Å². The number of nitrogens with one attached hydrogen (secondary N) is 1. The molecule has 0 bridgehead atoms. The molecule has 0 amide bonds. The van der Waals surface area contributed by atoms with Crippen molar-refractivity contribution in [2.45, 2.75) is 0 Å². The Labute approximate surface area is 151 Å². The molecule has 0 aliphatic carbocycles. The minimum Gasteiger partial charge on any atom is -0.492 e. The zero-order valence-corrected chi connectivity index (χ0v) is 16.6. The molecule has 0 aromatic heterocycles. The molecule has 2 rings (SSSR count). The third-order valence-electron chi connectivity index (χ3n) is 2.48. The number of anilines is 1. The zero-order chi connectivity index (χ0) is 14.5. The number of halogens is 4. The molecule has 0 fully saturated rings. The van der Waals surface area contributed by atoms with Crippen LogP contribution in [-0.2, 0) is 0 Å². The van der Waals surface area contributed by atoms with Crippen molar-refractivity contribution in [3.05, 3.63) is 54.3 Å². The Morgan fingerprint density at radius 1 is 0.900 bits per heavy atom. The first-order chi connectivity index (χ1) is 9.56. The fourth-order valence-electron chi connectivity index (χ4n) is 1.61. The van der Waals surface area contributed by atoms with Crippen LogP contribution in [0.3, 0.4) is 0 Å². The first kappa shape index (κ1) is 16.3. The summed E-state index contributed by atoms with van der Waals surface area (Å²) in [5.41, 5.74) is 1.02. The summed E-state index contributed by atoms with van der Waals surface area (Å²) in [4.78, 5) is 0. The molecule has 0 atom stereocenters. The summed E-state index contributed by atoms with van der Waals surface area (Å²) in [6.45, 7) is 1.30. The van der Waals surface area contributed by atoms with Gasteiger partial charge in [0.15, 0.2) is 0 Å². The second-order valence-corrected chi connectivity index (χ2v) is 7.52. The molecule has 0 spiro atoms. The molecule has 2 aromatic carbocycles. The summed E-state index contributed by atoms with van der Waals surface area (Å²) in [6.07, 6.45) is 0. The van der Waals surface area contributed by atoms with Crippen molar-refractivity contribution in [2.24, 2.45) is 0 Å². The highest BCUT2D eigenvalue weighted by Crippen LogP contribution is 2.34. The Bertz CT molecular complexity index is 580. The topological polar surface area (TPSA) is 21.3 Å². The van der Waals surface area contributed by atoms with Gasteiger partial charge in [0.2, 0.25) is 0 Å². The number of hydrogen-bond donors (Lipinski definition) is 1. The Morgan fingerprint density at radius 3 is 2.25 bits per heavy atom. The van der Waals surface area contributed by atoms with E-state index in [1.165, 1.54) is 0 Å². The van der Waals surface area contributed by atoms with Gasteiger partial charge in [-0.1, -0.05) is 37.9 Å². The lowest BCUT2D eigenvalue weighted by Crippen LogP contribution is -2.12. The Morgan fingerprint density at radius 2 is 1.60 bits per heavy atom. The van der Waals surface area contributed by atoms with Crippen molar-refractivity contribution < 1.29 is 4.74 Å². The first-order valence-electron chi connectivity index (χ1n) is 5.83. The summed E-state index contributed by atoms with van der Waals surface area (Å²) < 4.78 is 9.72. The van der Waals surface area contributed by atoms with Gasteiger partial charge in [0.1, 0.15) is 12.4 Å². The van der Waals surface area contributed by atoms with Crippen LogP contribution >= 0.6 is 63.7 Å². The van der Waals surface area contributed by atoms with E-state index >= 15 is 0 Å². The van der Waals surface area contributed by atoms with Crippen molar-refractivity contribution in [3.63, 3.8) is 0 Å². The van der Waals surface area contributed by atoms with E-state index in [0.29, 0.717) is 13.2 Å². The molecule has 0 heterocycles. The van der Waals surface area contributed by atoms with Crippen LogP contribution in [0, 0.1) is 0 Å². The molecular formula is C14H11Br4NO. The molecule has 0 aliphatic heterocycles. The number of benzene rings is 2. The van der Waals surface area contributed by atoms with Crippen LogP contribution in [0.1, 0.15) is 0 Å². The number of ether oxygens (including phenoxy) is 1. The van der Waals surface area contributed by atoms with E-state index in [1.54, 1.807) is 0 Å². The molecular weight excluding hydrogens is 518 g/mol. The second kappa shape index (κ2) is 7.82. The Hall–Kier alpha value is -0.0400. The van der Waals surface area contributed by atoms with Crippen molar-refractivity contribution in [1.82, 2.24) is 0 Å². The average molecular weight is 529 g/mol. The molecule has 106 valence electrons. The smallest absolute Gasteiger partial charge is 0.120 e. The average Bonchev–Trinajstić information content (AvgIpc) is 2.36. The van der Waals surface area contributed by atoms with Crippen LogP contribution in [0.25, 0.3) is 0 Å². The first-order valence-corrected chi connectivity index (χ1v) is 9.00. The van der Waals surface area contributed by atoms with E-state index in [-0.39, 0.29) is 0 Å². The van der Waals surface area contributed by atoms with Gasteiger partial charge in [0.25, 0.3) is 0 Å². The maximum atomic E-state index is 5.68. The highest BCUT2D eigenvalue weighted by molar-refractivity contribution is 9.11. The van der Waals surface area contributed by atoms with Crippen LogP contribution in [0.4, 0.5) is 5.69 Å². The van der Waals surface area contributed by atoms with E-state index < -0.39 is 0 Å². The fraction of sp³-hybridized carbons (Fsp3) is 0.143. The van der Waals surface area contributed by atoms with Gasteiger partial charge in [-0.2, -0.15) is 0 Å². The van der Waals surface area contributed by atoms with E-state index in [2.05, 4.69) is 69.0 Å².